The van der Waals surface area contributed by atoms with Crippen LogP contribution in [0.25, 0.3) is 0 Å². The Balaban J connectivity index is 1.48. The van der Waals surface area contributed by atoms with E-state index in [0.29, 0.717) is 5.92 Å². The van der Waals surface area contributed by atoms with E-state index in [-0.39, 0.29) is 48.9 Å². The molecule has 0 bridgehead atoms. The van der Waals surface area contributed by atoms with E-state index in [0.717, 1.165) is 23.2 Å². The molecule has 1 saturated heterocycles. The van der Waals surface area contributed by atoms with E-state index in [1.165, 1.54) is 19.3 Å². The number of carbonyl (C=O) groups is 4. The Morgan fingerprint density at radius 1 is 1.13 bits per heavy atom. The highest BCUT2D eigenvalue weighted by molar-refractivity contribution is 8.14. The number of rotatable bonds is 8. The van der Waals surface area contributed by atoms with Gasteiger partial charge in [0, 0.05) is 32.6 Å². The van der Waals surface area contributed by atoms with Gasteiger partial charge in [0.15, 0.2) is 0 Å². The van der Waals surface area contributed by atoms with Gasteiger partial charge in [0.25, 0.3) is 5.24 Å². The van der Waals surface area contributed by atoms with Gasteiger partial charge in [-0.25, -0.2) is 4.79 Å². The minimum atomic E-state index is -0.413. The highest BCUT2D eigenvalue weighted by Gasteiger charge is 2.29. The highest BCUT2D eigenvalue weighted by atomic mass is 32.2. The molecule has 0 aromatic carbocycles. The second kappa shape index (κ2) is 8.76. The average molecular weight is 342 g/mol. The molecule has 1 saturated carbocycles. The molecule has 9 heteroatoms. The summed E-state index contributed by atoms with van der Waals surface area (Å²) in [6.07, 6.45) is 3.85. The Morgan fingerprint density at radius 3 is 2.48 bits per heavy atom. The molecule has 0 aromatic rings. The van der Waals surface area contributed by atoms with Gasteiger partial charge in [-0.05, 0) is 18.8 Å². The molecule has 3 N–H and O–H groups in total. The topological polar surface area (TPSA) is 108 Å². The first-order chi connectivity index (χ1) is 11.1. The number of nitrogens with one attached hydrogen (secondary N) is 3. The van der Waals surface area contributed by atoms with Crippen molar-refractivity contribution in [1.29, 1.82) is 0 Å². The van der Waals surface area contributed by atoms with Crippen molar-refractivity contribution < 1.29 is 19.2 Å². The molecule has 0 radical (unpaired) electrons. The molecule has 0 unspecified atom stereocenters. The Morgan fingerprint density at radius 2 is 1.87 bits per heavy atom. The van der Waals surface area contributed by atoms with E-state index in [1.807, 2.05) is 0 Å². The molecule has 2 fully saturated rings. The fraction of sp³-hybridized carbons (Fsp3) is 0.714. The molecule has 0 atom stereocenters. The smallest absolute Gasteiger partial charge is 0.314 e. The zero-order valence-corrected chi connectivity index (χ0v) is 13.7. The van der Waals surface area contributed by atoms with Crippen LogP contribution in [0.1, 0.15) is 25.7 Å². The van der Waals surface area contributed by atoms with E-state index in [4.69, 9.17) is 0 Å². The van der Waals surface area contributed by atoms with E-state index >= 15 is 0 Å². The van der Waals surface area contributed by atoms with Crippen LogP contribution in [0, 0.1) is 5.92 Å². The van der Waals surface area contributed by atoms with Crippen molar-refractivity contribution in [2.24, 2.45) is 5.92 Å². The van der Waals surface area contributed by atoms with Crippen LogP contribution in [0.5, 0.6) is 0 Å². The monoisotopic (exact) mass is 342 g/mol. The van der Waals surface area contributed by atoms with Crippen LogP contribution in [-0.2, 0) is 9.59 Å². The van der Waals surface area contributed by atoms with E-state index in [1.54, 1.807) is 0 Å². The Bertz CT molecular complexity index is 465. The van der Waals surface area contributed by atoms with E-state index in [2.05, 4.69) is 16.0 Å². The van der Waals surface area contributed by atoms with Gasteiger partial charge >= 0.3 is 6.03 Å². The summed E-state index contributed by atoms with van der Waals surface area (Å²) in [7, 11) is 0. The van der Waals surface area contributed by atoms with Gasteiger partial charge in [0.1, 0.15) is 0 Å². The Kier molecular flexibility index (Phi) is 6.69. The molecule has 1 aliphatic carbocycles. The van der Waals surface area contributed by atoms with Crippen LogP contribution in [0.3, 0.4) is 0 Å². The molecular weight excluding hydrogens is 320 g/mol. The summed E-state index contributed by atoms with van der Waals surface area (Å²) in [4.78, 5) is 46.9. The molecule has 8 nitrogen and oxygen atoms in total. The molecular formula is C14H22N4O4S. The van der Waals surface area contributed by atoms with Gasteiger partial charge in [-0.15, -0.1) is 0 Å². The summed E-state index contributed by atoms with van der Waals surface area (Å²) in [5.41, 5.74) is 0. The van der Waals surface area contributed by atoms with Gasteiger partial charge < -0.3 is 16.0 Å². The minimum absolute atomic E-state index is 0.0671. The third-order valence-electron chi connectivity index (χ3n) is 3.91. The second-order valence-electron chi connectivity index (χ2n) is 5.63. The number of nitrogens with zero attached hydrogens (tertiary/aromatic N) is 1. The predicted molar refractivity (Wildman–Crippen MR) is 85.9 cm³/mol. The first-order valence-electron chi connectivity index (χ1n) is 7.82. The van der Waals surface area contributed by atoms with Crippen molar-refractivity contribution >= 4 is 34.8 Å². The average Bonchev–Trinajstić information content (AvgIpc) is 2.77. The summed E-state index contributed by atoms with van der Waals surface area (Å²) < 4.78 is 0. The largest absolute Gasteiger partial charge is 0.356 e. The quantitative estimate of drug-likeness (QED) is 0.587. The molecule has 2 aliphatic rings. The lowest BCUT2D eigenvalue weighted by molar-refractivity contribution is -0.124. The Labute approximate surface area is 139 Å². The second-order valence-corrected chi connectivity index (χ2v) is 6.56. The zero-order valence-electron chi connectivity index (χ0n) is 12.9. The van der Waals surface area contributed by atoms with E-state index < -0.39 is 6.03 Å². The molecule has 0 aromatic heterocycles. The van der Waals surface area contributed by atoms with Crippen molar-refractivity contribution in [3.05, 3.63) is 0 Å². The number of imide groups is 1. The van der Waals surface area contributed by atoms with Crippen molar-refractivity contribution in [1.82, 2.24) is 20.9 Å². The van der Waals surface area contributed by atoms with Crippen LogP contribution < -0.4 is 16.0 Å². The predicted octanol–water partition coefficient (Wildman–Crippen LogP) is 0.287. The molecule has 2 rings (SSSR count). The zero-order chi connectivity index (χ0) is 16.7. The summed E-state index contributed by atoms with van der Waals surface area (Å²) in [6.45, 7) is 1.33. The summed E-state index contributed by atoms with van der Waals surface area (Å²) >= 11 is 0.966. The van der Waals surface area contributed by atoms with Crippen LogP contribution in [0.15, 0.2) is 0 Å². The number of urea groups is 1. The first-order valence-corrected chi connectivity index (χ1v) is 8.80. The molecule has 23 heavy (non-hydrogen) atoms. The van der Waals surface area contributed by atoms with Gasteiger partial charge in [-0.3, -0.25) is 19.3 Å². The van der Waals surface area contributed by atoms with Gasteiger partial charge in [0.2, 0.25) is 11.8 Å². The van der Waals surface area contributed by atoms with Crippen LogP contribution in [-0.4, -0.2) is 59.9 Å². The number of hydrogen-bond donors (Lipinski definition) is 3. The lowest BCUT2D eigenvalue weighted by atomic mass is 9.85. The van der Waals surface area contributed by atoms with Crippen molar-refractivity contribution in [3.8, 4) is 0 Å². The van der Waals surface area contributed by atoms with Crippen LogP contribution in [0.4, 0.5) is 9.59 Å². The van der Waals surface area contributed by atoms with Gasteiger partial charge in [-0.2, -0.15) is 0 Å². The fourth-order valence-electron chi connectivity index (χ4n) is 2.27. The summed E-state index contributed by atoms with van der Waals surface area (Å²) in [5, 5.41) is 7.70. The number of thioether (sulfide) groups is 1. The third-order valence-corrected chi connectivity index (χ3v) is 4.77. The maximum absolute atomic E-state index is 11.6. The first kappa shape index (κ1) is 17.6. The van der Waals surface area contributed by atoms with Crippen molar-refractivity contribution in [3.63, 3.8) is 0 Å². The molecule has 1 heterocycles. The summed E-state index contributed by atoms with van der Waals surface area (Å²) in [5.74, 6) is 0.485. The molecule has 1 aliphatic heterocycles. The number of carbonyl (C=O) groups excluding carboxylic acids is 4. The maximum atomic E-state index is 11.6. The van der Waals surface area contributed by atoms with Gasteiger partial charge in [-0.1, -0.05) is 18.2 Å². The number of hydrogen-bond acceptors (Lipinski definition) is 5. The third kappa shape index (κ3) is 5.74. The van der Waals surface area contributed by atoms with Crippen LogP contribution >= 0.6 is 11.8 Å². The van der Waals surface area contributed by atoms with Crippen molar-refractivity contribution in [2.45, 2.75) is 25.7 Å². The Hall–Kier alpha value is -1.77. The molecule has 5 amide bonds. The number of amides is 5. The molecule has 0 spiro atoms. The lowest BCUT2D eigenvalue weighted by Crippen LogP contribution is -2.42. The van der Waals surface area contributed by atoms with E-state index in [9.17, 15) is 19.2 Å². The summed E-state index contributed by atoms with van der Waals surface area (Å²) in [6, 6.07) is -0.413. The standard InChI is InChI=1S/C14H22N4O4S/c19-11(17-8-10-2-1-3-10)4-5-15-13(21)16-6-7-18-12(20)9-23-14(18)22/h10H,1-9H2,(H,17,19)(H2,15,16,21). The molecule has 128 valence electrons. The fourth-order valence-corrected chi connectivity index (χ4v) is 3.03. The minimum Gasteiger partial charge on any atom is -0.356 e. The maximum Gasteiger partial charge on any atom is 0.314 e. The van der Waals surface area contributed by atoms with Crippen molar-refractivity contribution in [2.75, 3.05) is 31.9 Å². The highest BCUT2D eigenvalue weighted by Crippen LogP contribution is 2.25. The van der Waals surface area contributed by atoms with Gasteiger partial charge in [0.05, 0.1) is 5.75 Å². The van der Waals surface area contributed by atoms with Crippen LogP contribution in [0.2, 0.25) is 0 Å². The lowest BCUT2D eigenvalue weighted by Gasteiger charge is -2.25. The normalized spacial score (nSPS) is 17.8. The SMILES string of the molecule is O=C(CCNC(=O)NCCN1C(=O)CSC1=O)NCC1CCC1.